The van der Waals surface area contributed by atoms with Crippen molar-refractivity contribution in [1.82, 2.24) is 5.32 Å². The summed E-state index contributed by atoms with van der Waals surface area (Å²) in [6, 6.07) is 0.656. The summed E-state index contributed by atoms with van der Waals surface area (Å²) in [5.74, 6) is 2.90. The van der Waals surface area contributed by atoms with Gasteiger partial charge in [-0.2, -0.15) is 0 Å². The fourth-order valence-electron chi connectivity index (χ4n) is 1.71. The van der Waals surface area contributed by atoms with E-state index < -0.39 is 0 Å². The van der Waals surface area contributed by atoms with E-state index in [2.05, 4.69) is 33.0 Å². The molecule has 0 aromatic carbocycles. The second-order valence-electron chi connectivity index (χ2n) is 4.47. The normalized spacial score (nSPS) is 30.0. The molecule has 1 aliphatic carbocycles. The maximum absolute atomic E-state index is 3.49. The second kappa shape index (κ2) is 3.57. The lowest BCUT2D eigenvalue weighted by Gasteiger charge is -2.08. The molecule has 1 rings (SSSR count). The van der Waals surface area contributed by atoms with Crippen LogP contribution in [0.15, 0.2) is 0 Å². The summed E-state index contributed by atoms with van der Waals surface area (Å²) >= 11 is 0. The third-order valence-electron chi connectivity index (χ3n) is 2.62. The number of hydrogen-bond donors (Lipinski definition) is 1. The zero-order valence-corrected chi connectivity index (χ0v) is 8.22. The molecule has 0 aromatic rings. The van der Waals surface area contributed by atoms with Gasteiger partial charge >= 0.3 is 0 Å². The van der Waals surface area contributed by atoms with Crippen LogP contribution in [0, 0.1) is 17.8 Å². The number of rotatable bonds is 4. The highest BCUT2D eigenvalue weighted by Crippen LogP contribution is 2.43. The van der Waals surface area contributed by atoms with Gasteiger partial charge in [-0.15, -0.1) is 0 Å². The highest BCUT2D eigenvalue weighted by molar-refractivity contribution is 4.89. The van der Waals surface area contributed by atoms with Crippen molar-refractivity contribution in [2.75, 3.05) is 6.54 Å². The van der Waals surface area contributed by atoms with Crippen molar-refractivity contribution in [3.8, 4) is 0 Å². The van der Waals surface area contributed by atoms with Crippen molar-refractivity contribution >= 4 is 0 Å². The molecule has 0 amide bonds. The highest BCUT2D eigenvalue weighted by atomic mass is 14.9. The van der Waals surface area contributed by atoms with E-state index in [0.717, 1.165) is 17.8 Å². The predicted molar refractivity (Wildman–Crippen MR) is 49.6 cm³/mol. The molecule has 1 saturated carbocycles. The Morgan fingerprint density at radius 3 is 2.27 bits per heavy atom. The molecule has 1 heteroatoms. The standard InChI is InChI=1S/C10H21N/c1-7(2)10-5-9(10)6-11-8(3)4/h7-11H,5-6H2,1-4H3. The first kappa shape index (κ1) is 9.05. The van der Waals surface area contributed by atoms with Gasteiger partial charge in [0.1, 0.15) is 0 Å². The number of hydrogen-bond acceptors (Lipinski definition) is 1. The minimum Gasteiger partial charge on any atom is -0.314 e. The molecule has 2 atom stereocenters. The Morgan fingerprint density at radius 2 is 1.91 bits per heavy atom. The molecule has 2 unspecified atom stereocenters. The van der Waals surface area contributed by atoms with Gasteiger partial charge in [0, 0.05) is 6.04 Å². The molecule has 1 N–H and O–H groups in total. The largest absolute Gasteiger partial charge is 0.314 e. The zero-order chi connectivity index (χ0) is 8.43. The molecule has 11 heavy (non-hydrogen) atoms. The number of nitrogens with one attached hydrogen (secondary N) is 1. The molecular weight excluding hydrogens is 134 g/mol. The summed E-state index contributed by atoms with van der Waals surface area (Å²) in [6.07, 6.45) is 1.46. The van der Waals surface area contributed by atoms with Gasteiger partial charge < -0.3 is 5.32 Å². The average molecular weight is 155 g/mol. The van der Waals surface area contributed by atoms with Gasteiger partial charge in [0.15, 0.2) is 0 Å². The molecule has 0 spiro atoms. The van der Waals surface area contributed by atoms with Gasteiger partial charge in [0.25, 0.3) is 0 Å². The lowest BCUT2D eigenvalue weighted by Crippen LogP contribution is -2.25. The fourth-order valence-corrected chi connectivity index (χ4v) is 1.71. The zero-order valence-electron chi connectivity index (χ0n) is 8.22. The average Bonchev–Trinajstić information content (AvgIpc) is 2.61. The van der Waals surface area contributed by atoms with E-state index in [1.54, 1.807) is 0 Å². The predicted octanol–water partition coefficient (Wildman–Crippen LogP) is 2.28. The molecule has 1 nitrogen and oxygen atoms in total. The molecule has 0 heterocycles. The van der Waals surface area contributed by atoms with Crippen molar-refractivity contribution in [1.29, 1.82) is 0 Å². The van der Waals surface area contributed by atoms with E-state index in [1.807, 2.05) is 0 Å². The van der Waals surface area contributed by atoms with E-state index in [0.29, 0.717) is 6.04 Å². The topological polar surface area (TPSA) is 12.0 Å². The minimum atomic E-state index is 0.656. The molecule has 1 aliphatic rings. The fraction of sp³-hybridized carbons (Fsp3) is 1.00. The maximum Gasteiger partial charge on any atom is 0.00104 e. The Labute approximate surface area is 70.6 Å². The van der Waals surface area contributed by atoms with Crippen LogP contribution in [0.5, 0.6) is 0 Å². The van der Waals surface area contributed by atoms with Crippen molar-refractivity contribution in [2.24, 2.45) is 17.8 Å². The Bertz CT molecular complexity index is 118. The van der Waals surface area contributed by atoms with Crippen LogP contribution >= 0.6 is 0 Å². The van der Waals surface area contributed by atoms with Gasteiger partial charge in [-0.05, 0) is 30.7 Å². The quantitative estimate of drug-likeness (QED) is 0.656. The van der Waals surface area contributed by atoms with Gasteiger partial charge in [-0.1, -0.05) is 27.7 Å². The molecule has 0 saturated heterocycles. The third-order valence-corrected chi connectivity index (χ3v) is 2.62. The summed E-state index contributed by atoms with van der Waals surface area (Å²) in [5.41, 5.74) is 0. The molecule has 66 valence electrons. The molecule has 1 fully saturated rings. The van der Waals surface area contributed by atoms with E-state index in [4.69, 9.17) is 0 Å². The maximum atomic E-state index is 3.49. The molecule has 0 aromatic heterocycles. The van der Waals surface area contributed by atoms with Crippen LogP contribution < -0.4 is 5.32 Å². The van der Waals surface area contributed by atoms with Crippen LogP contribution in [-0.2, 0) is 0 Å². The third kappa shape index (κ3) is 2.82. The van der Waals surface area contributed by atoms with Gasteiger partial charge in [-0.25, -0.2) is 0 Å². The molecule has 0 aliphatic heterocycles. The minimum absolute atomic E-state index is 0.656. The van der Waals surface area contributed by atoms with Gasteiger partial charge in [-0.3, -0.25) is 0 Å². The van der Waals surface area contributed by atoms with E-state index >= 15 is 0 Å². The SMILES string of the molecule is CC(C)NCC1CC1C(C)C. The summed E-state index contributed by atoms with van der Waals surface area (Å²) in [5, 5.41) is 3.49. The molecule has 0 bridgehead atoms. The van der Waals surface area contributed by atoms with Gasteiger partial charge in [0.2, 0.25) is 0 Å². The summed E-state index contributed by atoms with van der Waals surface area (Å²) in [4.78, 5) is 0. The Hall–Kier alpha value is -0.0400. The van der Waals surface area contributed by atoms with E-state index in [-0.39, 0.29) is 0 Å². The van der Waals surface area contributed by atoms with Crippen molar-refractivity contribution in [2.45, 2.75) is 40.2 Å². The van der Waals surface area contributed by atoms with Crippen molar-refractivity contribution < 1.29 is 0 Å². The highest BCUT2D eigenvalue weighted by Gasteiger charge is 2.38. The van der Waals surface area contributed by atoms with Crippen LogP contribution in [0.3, 0.4) is 0 Å². The lowest BCUT2D eigenvalue weighted by atomic mass is 10.1. The van der Waals surface area contributed by atoms with Crippen LogP contribution in [0.4, 0.5) is 0 Å². The van der Waals surface area contributed by atoms with E-state index in [9.17, 15) is 0 Å². The monoisotopic (exact) mass is 155 g/mol. The first-order valence-corrected chi connectivity index (χ1v) is 4.84. The first-order valence-electron chi connectivity index (χ1n) is 4.84. The summed E-state index contributed by atoms with van der Waals surface area (Å²) in [6.45, 7) is 10.3. The molecular formula is C10H21N. The summed E-state index contributed by atoms with van der Waals surface area (Å²) in [7, 11) is 0. The summed E-state index contributed by atoms with van der Waals surface area (Å²) < 4.78 is 0. The van der Waals surface area contributed by atoms with Crippen molar-refractivity contribution in [3.63, 3.8) is 0 Å². The first-order chi connectivity index (χ1) is 5.11. The van der Waals surface area contributed by atoms with Crippen LogP contribution in [0.25, 0.3) is 0 Å². The van der Waals surface area contributed by atoms with Crippen molar-refractivity contribution in [3.05, 3.63) is 0 Å². The lowest BCUT2D eigenvalue weighted by molar-refractivity contribution is 0.480. The van der Waals surface area contributed by atoms with Crippen LogP contribution in [-0.4, -0.2) is 12.6 Å². The Balaban J connectivity index is 2.04. The Morgan fingerprint density at radius 1 is 1.27 bits per heavy atom. The van der Waals surface area contributed by atoms with Crippen LogP contribution in [0.2, 0.25) is 0 Å². The van der Waals surface area contributed by atoms with Gasteiger partial charge in [0.05, 0.1) is 0 Å². The Kier molecular flexibility index (Phi) is 2.94. The van der Waals surface area contributed by atoms with E-state index in [1.165, 1.54) is 13.0 Å². The second-order valence-corrected chi connectivity index (χ2v) is 4.47. The smallest absolute Gasteiger partial charge is 0.00104 e. The molecule has 0 radical (unpaired) electrons. The van der Waals surface area contributed by atoms with Crippen LogP contribution in [0.1, 0.15) is 34.1 Å².